The summed E-state index contributed by atoms with van der Waals surface area (Å²) in [4.78, 5) is 17.9. The lowest BCUT2D eigenvalue weighted by molar-refractivity contribution is -0.138. The Labute approximate surface area is 231 Å². The van der Waals surface area contributed by atoms with Gasteiger partial charge in [-0.25, -0.2) is 12.8 Å². The molecule has 1 atom stereocenters. The third kappa shape index (κ3) is 4.67. The summed E-state index contributed by atoms with van der Waals surface area (Å²) in [6.45, 7) is 5.30. The van der Waals surface area contributed by atoms with Gasteiger partial charge in [0.1, 0.15) is 5.82 Å². The Kier molecular flexibility index (Phi) is 7.21. The minimum Gasteiger partial charge on any atom is -0.370 e. The Balaban J connectivity index is 1.11. The van der Waals surface area contributed by atoms with E-state index >= 15 is 0 Å². The standard InChI is InChI=1S/C31H40FN3O3S/c1-2-39(37,38)26-12-10-25(11-13-26)35-20-22(21-35)30(36)34-18-15-24(16-19-34)31(23-6-3-4-7-23)28-8-5-9-29(32)27(28)14-17-33-31/h5,8-13,22-24,33H,2-4,6-7,14-21H2,1H3. The van der Waals surface area contributed by atoms with E-state index in [0.29, 0.717) is 29.8 Å². The fourth-order valence-corrected chi connectivity index (χ4v) is 8.71. The Morgan fingerprint density at radius 1 is 1.00 bits per heavy atom. The lowest BCUT2D eigenvalue weighted by atomic mass is 9.63. The normalized spacial score (nSPS) is 25.0. The van der Waals surface area contributed by atoms with E-state index in [1.807, 2.05) is 23.1 Å². The summed E-state index contributed by atoms with van der Waals surface area (Å²) < 4.78 is 39.1. The number of carbonyl (C=O) groups excluding carboxylic acids is 1. The van der Waals surface area contributed by atoms with Gasteiger partial charge in [-0.3, -0.25) is 4.79 Å². The summed E-state index contributed by atoms with van der Waals surface area (Å²) in [5.74, 6) is 1.13. The largest absolute Gasteiger partial charge is 0.370 e. The van der Waals surface area contributed by atoms with Crippen LogP contribution in [0.2, 0.25) is 0 Å². The summed E-state index contributed by atoms with van der Waals surface area (Å²) in [5, 5.41) is 3.94. The molecule has 3 aliphatic heterocycles. The second-order valence-corrected chi connectivity index (χ2v) is 14.2. The minimum absolute atomic E-state index is 0.0213. The van der Waals surface area contributed by atoms with E-state index in [-0.39, 0.29) is 28.9 Å². The first-order valence-corrected chi connectivity index (χ1v) is 16.4. The molecule has 210 valence electrons. The maximum absolute atomic E-state index is 14.9. The second-order valence-electron chi connectivity index (χ2n) is 11.9. The van der Waals surface area contributed by atoms with Crippen LogP contribution in [0, 0.1) is 23.6 Å². The van der Waals surface area contributed by atoms with Crippen molar-refractivity contribution in [1.29, 1.82) is 0 Å². The van der Waals surface area contributed by atoms with E-state index < -0.39 is 9.84 Å². The molecule has 1 unspecified atom stereocenters. The number of hydrogen-bond donors (Lipinski definition) is 1. The number of rotatable bonds is 6. The highest BCUT2D eigenvalue weighted by atomic mass is 32.2. The van der Waals surface area contributed by atoms with Gasteiger partial charge in [0.05, 0.1) is 16.6 Å². The lowest BCUT2D eigenvalue weighted by Crippen LogP contribution is -2.60. The summed E-state index contributed by atoms with van der Waals surface area (Å²) in [5.41, 5.74) is 2.85. The molecule has 0 spiro atoms. The number of benzene rings is 2. The molecule has 3 heterocycles. The average Bonchev–Trinajstić information content (AvgIpc) is 3.48. The maximum atomic E-state index is 14.9. The van der Waals surface area contributed by atoms with Crippen LogP contribution in [0.25, 0.3) is 0 Å². The van der Waals surface area contributed by atoms with Gasteiger partial charge >= 0.3 is 0 Å². The Morgan fingerprint density at radius 3 is 2.33 bits per heavy atom. The molecule has 2 saturated heterocycles. The molecule has 0 aromatic heterocycles. The Morgan fingerprint density at radius 2 is 1.67 bits per heavy atom. The van der Waals surface area contributed by atoms with Gasteiger partial charge in [-0.15, -0.1) is 0 Å². The summed E-state index contributed by atoms with van der Waals surface area (Å²) in [7, 11) is -3.21. The second kappa shape index (κ2) is 10.5. The van der Waals surface area contributed by atoms with Crippen LogP contribution in [0.3, 0.4) is 0 Å². The highest BCUT2D eigenvalue weighted by Crippen LogP contribution is 2.51. The van der Waals surface area contributed by atoms with Crippen molar-refractivity contribution in [1.82, 2.24) is 10.2 Å². The highest BCUT2D eigenvalue weighted by molar-refractivity contribution is 7.91. The molecule has 2 aromatic rings. The van der Waals surface area contributed by atoms with Crippen LogP contribution in [-0.2, 0) is 26.6 Å². The number of likely N-dealkylation sites (tertiary alicyclic amines) is 1. The van der Waals surface area contributed by atoms with Crippen LogP contribution < -0.4 is 10.2 Å². The molecule has 1 aliphatic carbocycles. The van der Waals surface area contributed by atoms with E-state index in [4.69, 9.17) is 0 Å². The van der Waals surface area contributed by atoms with E-state index in [1.165, 1.54) is 31.2 Å². The van der Waals surface area contributed by atoms with Crippen LogP contribution in [0.5, 0.6) is 0 Å². The summed E-state index contributed by atoms with van der Waals surface area (Å²) >= 11 is 0. The molecule has 1 amide bonds. The number of hydrogen-bond acceptors (Lipinski definition) is 5. The zero-order valence-electron chi connectivity index (χ0n) is 22.9. The average molecular weight is 554 g/mol. The van der Waals surface area contributed by atoms with Gasteiger partial charge in [0, 0.05) is 44.0 Å². The van der Waals surface area contributed by atoms with Crippen molar-refractivity contribution in [3.05, 3.63) is 59.4 Å². The van der Waals surface area contributed by atoms with Crippen LogP contribution in [0.15, 0.2) is 47.4 Å². The van der Waals surface area contributed by atoms with Crippen LogP contribution in [0.4, 0.5) is 10.1 Å². The monoisotopic (exact) mass is 553 g/mol. The van der Waals surface area contributed by atoms with Gasteiger partial charge in [-0.05, 0) is 85.4 Å². The number of halogens is 1. The first-order chi connectivity index (χ1) is 18.8. The van der Waals surface area contributed by atoms with E-state index in [2.05, 4.69) is 16.3 Å². The van der Waals surface area contributed by atoms with Crippen LogP contribution in [0.1, 0.15) is 56.6 Å². The molecule has 0 radical (unpaired) electrons. The third-order valence-corrected chi connectivity index (χ3v) is 11.7. The van der Waals surface area contributed by atoms with Crippen molar-refractivity contribution < 1.29 is 17.6 Å². The van der Waals surface area contributed by atoms with Crippen LogP contribution in [-0.4, -0.2) is 57.7 Å². The molecular formula is C31H40FN3O3S. The summed E-state index contributed by atoms with van der Waals surface area (Å²) in [6.07, 6.45) is 7.47. The predicted molar refractivity (Wildman–Crippen MR) is 151 cm³/mol. The van der Waals surface area contributed by atoms with Crippen molar-refractivity contribution in [2.45, 2.75) is 62.3 Å². The van der Waals surface area contributed by atoms with Crippen LogP contribution >= 0.6 is 0 Å². The van der Waals surface area contributed by atoms with Gasteiger partial charge < -0.3 is 15.1 Å². The SMILES string of the molecule is CCS(=O)(=O)c1ccc(N2CC(C(=O)N3CCC(C4(C5CCCC5)NCCc5c(F)cccc54)CC3)C2)cc1. The van der Waals surface area contributed by atoms with Crippen molar-refractivity contribution in [3.63, 3.8) is 0 Å². The molecule has 2 aromatic carbocycles. The highest BCUT2D eigenvalue weighted by Gasteiger charge is 2.51. The lowest BCUT2D eigenvalue weighted by Gasteiger charge is -2.52. The molecule has 39 heavy (non-hydrogen) atoms. The van der Waals surface area contributed by atoms with Gasteiger partial charge in [0.25, 0.3) is 0 Å². The van der Waals surface area contributed by atoms with Crippen molar-refractivity contribution in [2.24, 2.45) is 17.8 Å². The summed E-state index contributed by atoms with van der Waals surface area (Å²) in [6, 6.07) is 12.7. The van der Waals surface area contributed by atoms with Gasteiger partial charge in [0.15, 0.2) is 9.84 Å². The number of carbonyl (C=O) groups is 1. The number of anilines is 1. The molecule has 6 rings (SSSR count). The number of sulfone groups is 1. The van der Waals surface area contributed by atoms with Crippen molar-refractivity contribution in [2.75, 3.05) is 43.4 Å². The van der Waals surface area contributed by atoms with Crippen molar-refractivity contribution >= 4 is 21.4 Å². The molecule has 3 fully saturated rings. The van der Waals surface area contributed by atoms with E-state index in [9.17, 15) is 17.6 Å². The van der Waals surface area contributed by atoms with E-state index in [1.54, 1.807) is 25.1 Å². The maximum Gasteiger partial charge on any atom is 0.229 e. The quantitative estimate of drug-likeness (QED) is 0.570. The molecule has 6 nitrogen and oxygen atoms in total. The minimum atomic E-state index is -3.21. The Hall–Kier alpha value is -2.45. The first-order valence-electron chi connectivity index (χ1n) is 14.7. The number of nitrogens with one attached hydrogen (secondary N) is 1. The number of piperidine rings is 1. The van der Waals surface area contributed by atoms with Gasteiger partial charge in [-0.1, -0.05) is 31.9 Å². The van der Waals surface area contributed by atoms with E-state index in [0.717, 1.165) is 50.1 Å². The smallest absolute Gasteiger partial charge is 0.229 e. The van der Waals surface area contributed by atoms with Gasteiger partial charge in [-0.2, -0.15) is 0 Å². The van der Waals surface area contributed by atoms with Crippen molar-refractivity contribution in [3.8, 4) is 0 Å². The molecule has 1 saturated carbocycles. The molecule has 4 aliphatic rings. The molecular weight excluding hydrogens is 513 g/mol. The molecule has 8 heteroatoms. The predicted octanol–water partition coefficient (Wildman–Crippen LogP) is 4.53. The molecule has 1 N–H and O–H groups in total. The zero-order valence-corrected chi connectivity index (χ0v) is 23.7. The number of amides is 1. The Bertz CT molecular complexity index is 1310. The third-order valence-electron chi connectivity index (χ3n) is 9.98. The zero-order chi connectivity index (χ0) is 27.2. The number of fused-ring (bicyclic) bond motifs is 1. The molecule has 0 bridgehead atoms. The topological polar surface area (TPSA) is 69.7 Å². The fraction of sp³-hybridized carbons (Fsp3) is 0.581. The van der Waals surface area contributed by atoms with Gasteiger partial charge in [0.2, 0.25) is 5.91 Å². The first kappa shape index (κ1) is 26.8. The number of nitrogens with zero attached hydrogens (tertiary/aromatic N) is 2. The fourth-order valence-electron chi connectivity index (χ4n) is 7.82.